The summed E-state index contributed by atoms with van der Waals surface area (Å²) in [4.78, 5) is 57.7. The third-order valence-electron chi connectivity index (χ3n) is 26.8. The van der Waals surface area contributed by atoms with Gasteiger partial charge in [-0.3, -0.25) is 34.1 Å². The van der Waals surface area contributed by atoms with Crippen molar-refractivity contribution >= 4 is 87.2 Å². The van der Waals surface area contributed by atoms with E-state index < -0.39 is 0 Å². The molecule has 148 heavy (non-hydrogen) atoms. The van der Waals surface area contributed by atoms with Crippen molar-refractivity contribution in [3.63, 3.8) is 0 Å². The molecule has 0 atom stereocenters. The van der Waals surface area contributed by atoms with Crippen LogP contribution in [0.25, 0.3) is 246 Å². The molecule has 28 aromatic rings. The Hall–Kier alpha value is -20.4. The largest absolute Gasteiger partial charge is 0.309 e. The fourth-order valence-electron chi connectivity index (χ4n) is 19.8. The second kappa shape index (κ2) is 40.0. The summed E-state index contributed by atoms with van der Waals surface area (Å²) >= 11 is 0. The number of hydrogen-bond donors (Lipinski definition) is 0. The summed E-state index contributed by atoms with van der Waals surface area (Å²) in [5, 5.41) is 9.57. The summed E-state index contributed by atoms with van der Waals surface area (Å²) in [6.45, 7) is 0. The standard InChI is InChI=1S/C39H26N4.C38H25N5.C28H19N3.C27H18N4/c1-3-11-27(12-4-1)29-17-19-38-32(23-29)33-24-30(28-13-5-2-6-14-28)18-20-39(33)43(38)31-25-36(34-15-7-9-21-40-34)42-37(26-31)35-16-8-10-22-41-35;1-4-12-26(13-5-1)29-19-21-34-31(24-29)32-25-30(27-14-6-2-7-15-27)20-22-35(32)43(34)38-41-36(28-16-8-3-9-17-28)40-37(42-38)33-18-10-11-23-39-33;1-2-10-20(11-3-1)25-18-21(19-26(30-25)24-14-8-9-17-29-24)31-27-15-6-4-12-22(27)23-13-5-7-16-28(23)31;1-2-10-19(11-3-1)27-29-23(22-14-8-9-17-28-22)18-26(30-27)31-24-15-6-4-12-20(24)21-13-5-7-16-25(21)31/h1-26H;1-25H;1-19H;1-18H. The smallest absolute Gasteiger partial charge is 0.238 e. The molecular weight excluding hydrogens is 1810 g/mol. The molecule has 0 saturated carbocycles. The van der Waals surface area contributed by atoms with E-state index in [1.54, 1.807) is 24.8 Å². The molecule has 0 aliphatic heterocycles. The number of benzene rings is 15. The monoisotopic (exact) mass is 1900 g/mol. The van der Waals surface area contributed by atoms with Crippen LogP contribution in [0, 0.1) is 0 Å². The van der Waals surface area contributed by atoms with E-state index in [0.29, 0.717) is 29.1 Å². The SMILES string of the molecule is c1ccc(-c2cc(-n3c4ccccc4c4ccccc43)cc(-c3ccccn3)n2)cc1.c1ccc(-c2ccc3c(c2)c2cc(-c4ccccc4)ccc2n3-c2cc(-c3ccccn3)nc(-c3ccccn3)c2)cc1.c1ccc(-c2ccc3c(c2)c2cc(-c4ccccc4)ccc2n3-c2nc(-c3ccccc3)nc(-c3ccccn3)n2)cc1.c1ccc(-c2nc(-c3ccccn3)cc(-n3c4ccccc4c4ccccc43)n2)cc1. The molecule has 0 unspecified atom stereocenters. The van der Waals surface area contributed by atoms with E-state index in [-0.39, 0.29) is 0 Å². The second-order valence-electron chi connectivity index (χ2n) is 35.9. The lowest BCUT2D eigenvalue weighted by Gasteiger charge is -2.13. The van der Waals surface area contributed by atoms with E-state index in [1.165, 1.54) is 76.7 Å². The van der Waals surface area contributed by atoms with Crippen molar-refractivity contribution in [1.29, 1.82) is 0 Å². The van der Waals surface area contributed by atoms with Gasteiger partial charge in [0.25, 0.3) is 0 Å². The maximum atomic E-state index is 5.05. The van der Waals surface area contributed by atoms with Gasteiger partial charge in [-0.2, -0.15) is 9.97 Å². The maximum absolute atomic E-state index is 5.05. The van der Waals surface area contributed by atoms with E-state index in [2.05, 4.69) is 359 Å². The summed E-state index contributed by atoms with van der Waals surface area (Å²) in [6, 6.07) is 173. The lowest BCUT2D eigenvalue weighted by molar-refractivity contribution is 0.948. The van der Waals surface area contributed by atoms with Gasteiger partial charge in [-0.25, -0.2) is 24.9 Å². The summed E-state index contributed by atoms with van der Waals surface area (Å²) in [6.07, 6.45) is 8.98. The zero-order valence-electron chi connectivity index (χ0n) is 80.0. The lowest BCUT2D eigenvalue weighted by Crippen LogP contribution is -2.06. The van der Waals surface area contributed by atoms with E-state index >= 15 is 0 Å². The van der Waals surface area contributed by atoms with Crippen molar-refractivity contribution in [2.24, 2.45) is 0 Å². The zero-order chi connectivity index (χ0) is 98.4. The van der Waals surface area contributed by atoms with Crippen LogP contribution in [-0.4, -0.2) is 78.1 Å². The number of rotatable bonds is 16. The molecule has 0 fully saturated rings. The van der Waals surface area contributed by atoms with Crippen molar-refractivity contribution in [2.75, 3.05) is 0 Å². The Bertz CT molecular complexity index is 8580. The first kappa shape index (κ1) is 89.0. The van der Waals surface area contributed by atoms with E-state index in [1.807, 2.05) is 194 Å². The van der Waals surface area contributed by atoms with Gasteiger partial charge >= 0.3 is 0 Å². The average Bonchev–Trinajstić information content (AvgIpc) is 1.57. The van der Waals surface area contributed by atoms with Gasteiger partial charge in [-0.05, 0) is 202 Å². The van der Waals surface area contributed by atoms with Gasteiger partial charge in [0.05, 0.1) is 107 Å². The normalized spacial score (nSPS) is 11.2. The Morgan fingerprint density at radius 1 is 0.128 bits per heavy atom. The molecule has 16 nitrogen and oxygen atoms in total. The van der Waals surface area contributed by atoms with Gasteiger partial charge in [0, 0.05) is 96.8 Å². The van der Waals surface area contributed by atoms with Gasteiger partial charge in [0.1, 0.15) is 11.5 Å². The molecule has 0 aliphatic rings. The Labute approximate surface area is 852 Å². The number of nitrogens with zero attached hydrogens (tertiary/aromatic N) is 16. The number of para-hydroxylation sites is 4. The van der Waals surface area contributed by atoms with Crippen LogP contribution in [0.15, 0.2) is 534 Å². The number of fused-ring (bicyclic) bond motifs is 12. The third kappa shape index (κ3) is 17.7. The predicted molar refractivity (Wildman–Crippen MR) is 602 cm³/mol. The highest BCUT2D eigenvalue weighted by Crippen LogP contribution is 2.44. The van der Waals surface area contributed by atoms with Gasteiger partial charge in [0.15, 0.2) is 17.5 Å². The fourth-order valence-corrected chi connectivity index (χ4v) is 19.8. The van der Waals surface area contributed by atoms with Crippen molar-refractivity contribution in [3.05, 3.63) is 534 Å². The average molecular weight is 1900 g/mol. The predicted octanol–water partition coefficient (Wildman–Crippen LogP) is 31.9. The molecular formula is C132H88N16. The molecule has 28 rings (SSSR count). The molecule has 0 saturated heterocycles. The van der Waals surface area contributed by atoms with Crippen molar-refractivity contribution in [1.82, 2.24) is 78.1 Å². The first-order valence-electron chi connectivity index (χ1n) is 49.2. The third-order valence-corrected chi connectivity index (χ3v) is 26.8. The van der Waals surface area contributed by atoms with Crippen LogP contribution < -0.4 is 0 Å². The van der Waals surface area contributed by atoms with Crippen LogP contribution in [-0.2, 0) is 0 Å². The van der Waals surface area contributed by atoms with Crippen LogP contribution in [0.5, 0.6) is 0 Å². The minimum absolute atomic E-state index is 0.529. The molecule has 13 aromatic heterocycles. The molecule has 0 spiro atoms. The van der Waals surface area contributed by atoms with Crippen LogP contribution >= 0.6 is 0 Å². The number of aromatic nitrogens is 16. The highest BCUT2D eigenvalue weighted by molar-refractivity contribution is 6.14. The number of hydrogen-bond acceptors (Lipinski definition) is 12. The van der Waals surface area contributed by atoms with Crippen LogP contribution in [0.1, 0.15) is 0 Å². The molecule has 0 bridgehead atoms. The maximum Gasteiger partial charge on any atom is 0.238 e. The minimum atomic E-state index is 0.529. The minimum Gasteiger partial charge on any atom is -0.309 e. The molecule has 16 heteroatoms. The topological polar surface area (TPSA) is 174 Å². The number of pyridine rings is 7. The molecule has 696 valence electrons. The van der Waals surface area contributed by atoms with E-state index in [9.17, 15) is 0 Å². The van der Waals surface area contributed by atoms with Crippen LogP contribution in [0.4, 0.5) is 0 Å². The van der Waals surface area contributed by atoms with Crippen molar-refractivity contribution in [3.8, 4) is 159 Å². The summed E-state index contributed by atoms with van der Waals surface area (Å²) < 4.78 is 9.03. The lowest BCUT2D eigenvalue weighted by atomic mass is 10.0. The van der Waals surface area contributed by atoms with Gasteiger partial charge in [0.2, 0.25) is 5.95 Å². The molecule has 0 amide bonds. The van der Waals surface area contributed by atoms with E-state index in [4.69, 9.17) is 34.9 Å². The Morgan fingerprint density at radius 3 is 0.723 bits per heavy atom. The molecule has 15 aromatic carbocycles. The summed E-state index contributed by atoms with van der Waals surface area (Å²) in [7, 11) is 0. The van der Waals surface area contributed by atoms with Crippen LogP contribution in [0.3, 0.4) is 0 Å². The van der Waals surface area contributed by atoms with Crippen LogP contribution in [0.2, 0.25) is 0 Å². The van der Waals surface area contributed by atoms with E-state index in [0.717, 1.165) is 140 Å². The highest BCUT2D eigenvalue weighted by Gasteiger charge is 2.25. The second-order valence-corrected chi connectivity index (χ2v) is 35.9. The van der Waals surface area contributed by atoms with Gasteiger partial charge in [-0.1, -0.05) is 340 Å². The van der Waals surface area contributed by atoms with Crippen molar-refractivity contribution in [2.45, 2.75) is 0 Å². The highest BCUT2D eigenvalue weighted by atomic mass is 15.2. The summed E-state index contributed by atoms with van der Waals surface area (Å²) in [5.41, 5.74) is 31.6. The summed E-state index contributed by atoms with van der Waals surface area (Å²) in [5.74, 6) is 3.19. The van der Waals surface area contributed by atoms with Gasteiger partial charge in [-0.15, -0.1) is 0 Å². The molecule has 0 radical (unpaired) electrons. The molecule has 13 heterocycles. The quantitative estimate of drug-likeness (QED) is 0.0897. The first-order valence-corrected chi connectivity index (χ1v) is 49.2. The zero-order valence-corrected chi connectivity index (χ0v) is 80.0. The van der Waals surface area contributed by atoms with Gasteiger partial charge < -0.3 is 9.13 Å². The molecule has 0 N–H and O–H groups in total. The fraction of sp³-hybridized carbons (Fsp3) is 0. The Morgan fingerprint density at radius 2 is 0.385 bits per heavy atom. The molecule has 0 aliphatic carbocycles. The Kier molecular flexibility index (Phi) is 24.0. The first-order chi connectivity index (χ1) is 73.4. The van der Waals surface area contributed by atoms with Crippen molar-refractivity contribution < 1.29 is 0 Å². The Balaban J connectivity index is 0.000000104.